The summed E-state index contributed by atoms with van der Waals surface area (Å²) in [5.74, 6) is 0. The van der Waals surface area contributed by atoms with Gasteiger partial charge in [-0.1, -0.05) is 62.2 Å². The Hall–Kier alpha value is -1.32. The molecule has 3 aromatic rings. The number of benzene rings is 2. The highest BCUT2D eigenvalue weighted by Crippen LogP contribution is 2.26. The molecule has 0 fully saturated rings. The Bertz CT molecular complexity index is 831. The molecule has 0 N–H and O–H groups in total. The van der Waals surface area contributed by atoms with Gasteiger partial charge in [0.1, 0.15) is 0 Å². The van der Waals surface area contributed by atoms with Gasteiger partial charge in [0.05, 0.1) is 0 Å². The topological polar surface area (TPSA) is 4.93 Å². The highest BCUT2D eigenvalue weighted by molar-refractivity contribution is 9.11. The molecule has 1 nitrogen and oxygen atoms in total. The van der Waals surface area contributed by atoms with Crippen molar-refractivity contribution < 1.29 is 0 Å². The van der Waals surface area contributed by atoms with E-state index in [0.29, 0.717) is 0 Å². The van der Waals surface area contributed by atoms with Gasteiger partial charge < -0.3 is 4.57 Å². The van der Waals surface area contributed by atoms with Crippen molar-refractivity contribution >= 4 is 48.8 Å². The lowest BCUT2D eigenvalue weighted by Gasteiger charge is -1.99. The Kier molecular flexibility index (Phi) is 4.84. The molecule has 0 spiro atoms. The number of fused-ring (bicyclic) bond motifs is 2. The van der Waals surface area contributed by atoms with Crippen LogP contribution < -0.4 is 0 Å². The molecule has 0 amide bonds. The van der Waals surface area contributed by atoms with E-state index in [-0.39, 0.29) is 0 Å². The maximum absolute atomic E-state index is 3.53. The quantitative estimate of drug-likeness (QED) is 0.428. The molecule has 0 bridgehead atoms. The second kappa shape index (κ2) is 6.84. The first-order valence-corrected chi connectivity index (χ1v) is 8.96. The van der Waals surface area contributed by atoms with Crippen molar-refractivity contribution in [3.63, 3.8) is 0 Å². The summed E-state index contributed by atoms with van der Waals surface area (Å²) in [7, 11) is 0. The molecular formula is C19H17Br2N. The number of hydrogen-bond acceptors (Lipinski definition) is 0. The van der Waals surface area contributed by atoms with Crippen LogP contribution in [0.25, 0.3) is 17.0 Å². The zero-order chi connectivity index (χ0) is 15.5. The number of nitrogens with zero attached hydrogens (tertiary/aromatic N) is 1. The van der Waals surface area contributed by atoms with E-state index >= 15 is 0 Å². The molecule has 3 heteroatoms. The summed E-state index contributed by atoms with van der Waals surface area (Å²) in [4.78, 5) is 0. The van der Waals surface area contributed by atoms with Crippen molar-refractivity contribution in [2.45, 2.75) is 19.9 Å². The lowest BCUT2D eigenvalue weighted by molar-refractivity contribution is 0.797. The Morgan fingerprint density at radius 2 is 1.77 bits per heavy atom. The third kappa shape index (κ3) is 3.06. The first kappa shape index (κ1) is 15.6. The predicted molar refractivity (Wildman–Crippen MR) is 102 cm³/mol. The van der Waals surface area contributed by atoms with Gasteiger partial charge in [-0.15, -0.1) is 0 Å². The van der Waals surface area contributed by atoms with Crippen LogP contribution in [0.5, 0.6) is 0 Å². The van der Waals surface area contributed by atoms with Gasteiger partial charge in [0.25, 0.3) is 0 Å². The third-order valence-corrected chi connectivity index (χ3v) is 5.25. The van der Waals surface area contributed by atoms with Crippen LogP contribution >= 0.6 is 31.9 Å². The molecule has 1 aromatic heterocycles. The summed E-state index contributed by atoms with van der Waals surface area (Å²) in [6.45, 7) is 3.18. The first-order chi connectivity index (χ1) is 10.7. The van der Waals surface area contributed by atoms with Crippen molar-refractivity contribution in [2.75, 3.05) is 0 Å². The minimum absolute atomic E-state index is 1.03. The highest BCUT2D eigenvalue weighted by Gasteiger charge is 2.06. The lowest BCUT2D eigenvalue weighted by Crippen LogP contribution is -1.89. The Labute approximate surface area is 147 Å². The van der Waals surface area contributed by atoms with Gasteiger partial charge in [0.2, 0.25) is 0 Å². The maximum Gasteiger partial charge on any atom is 0.0491 e. The Morgan fingerprint density at radius 1 is 1.00 bits per heavy atom. The monoisotopic (exact) mass is 417 g/mol. The van der Waals surface area contributed by atoms with E-state index in [1.165, 1.54) is 31.0 Å². The van der Waals surface area contributed by atoms with Crippen LogP contribution in [0.2, 0.25) is 0 Å². The van der Waals surface area contributed by atoms with Gasteiger partial charge in [-0.05, 0) is 48.7 Å². The average Bonchev–Trinajstić information content (AvgIpc) is 3.15. The standard InChI is InChI=1S/C10H10BrN.C9H7Br/c1-2-12-7-6-8-9(11)4-3-5-10(8)12;10-9-6-2-4-7-3-1-5-8(7)9/h3-7H,2H2,1H3;1-2,4-6H,3H2. The van der Waals surface area contributed by atoms with Crippen molar-refractivity contribution in [3.8, 4) is 0 Å². The van der Waals surface area contributed by atoms with E-state index < -0.39 is 0 Å². The van der Waals surface area contributed by atoms with E-state index in [1.807, 2.05) is 0 Å². The van der Waals surface area contributed by atoms with Crippen LogP contribution in [0, 0.1) is 0 Å². The normalized spacial score (nSPS) is 12.1. The molecule has 0 atom stereocenters. The molecule has 1 heterocycles. The van der Waals surface area contributed by atoms with Crippen LogP contribution in [0.3, 0.4) is 0 Å². The fourth-order valence-corrected chi connectivity index (χ4v) is 3.74. The van der Waals surface area contributed by atoms with Gasteiger partial charge in [-0.3, -0.25) is 0 Å². The molecule has 112 valence electrons. The highest BCUT2D eigenvalue weighted by atomic mass is 79.9. The molecule has 22 heavy (non-hydrogen) atoms. The summed E-state index contributed by atoms with van der Waals surface area (Å²) in [6.07, 6.45) is 7.57. The van der Waals surface area contributed by atoms with Crippen molar-refractivity contribution in [3.05, 3.63) is 74.8 Å². The molecule has 0 saturated carbocycles. The van der Waals surface area contributed by atoms with E-state index in [9.17, 15) is 0 Å². The zero-order valence-corrected chi connectivity index (χ0v) is 15.6. The van der Waals surface area contributed by atoms with Crippen molar-refractivity contribution in [1.82, 2.24) is 4.57 Å². The fourth-order valence-electron chi connectivity index (χ4n) is 2.71. The maximum atomic E-state index is 3.53. The molecule has 0 unspecified atom stereocenters. The van der Waals surface area contributed by atoms with Gasteiger partial charge in [-0.2, -0.15) is 0 Å². The molecule has 1 aliphatic rings. The van der Waals surface area contributed by atoms with Crippen LogP contribution in [0.1, 0.15) is 18.1 Å². The van der Waals surface area contributed by atoms with Crippen LogP contribution in [0.4, 0.5) is 0 Å². The van der Waals surface area contributed by atoms with Crippen LogP contribution in [-0.4, -0.2) is 4.57 Å². The Morgan fingerprint density at radius 3 is 2.55 bits per heavy atom. The Balaban J connectivity index is 0.000000133. The van der Waals surface area contributed by atoms with Crippen molar-refractivity contribution in [2.24, 2.45) is 0 Å². The SMILES string of the molecule is Brc1cccc2c1C=CC2.CCn1ccc2c(Br)cccc21. The summed E-state index contributed by atoms with van der Waals surface area (Å²) in [6, 6.07) is 14.7. The fraction of sp³-hybridized carbons (Fsp3) is 0.158. The smallest absolute Gasteiger partial charge is 0.0491 e. The summed E-state index contributed by atoms with van der Waals surface area (Å²) >= 11 is 7.02. The van der Waals surface area contributed by atoms with E-state index in [0.717, 1.165) is 13.0 Å². The minimum atomic E-state index is 1.03. The van der Waals surface area contributed by atoms with E-state index in [1.54, 1.807) is 0 Å². The van der Waals surface area contributed by atoms with Gasteiger partial charge in [0.15, 0.2) is 0 Å². The predicted octanol–water partition coefficient (Wildman–Crippen LogP) is 6.44. The molecule has 1 aliphatic carbocycles. The average molecular weight is 419 g/mol. The number of allylic oxidation sites excluding steroid dienone is 1. The van der Waals surface area contributed by atoms with Crippen molar-refractivity contribution in [1.29, 1.82) is 0 Å². The third-order valence-electron chi connectivity index (χ3n) is 3.87. The van der Waals surface area contributed by atoms with Crippen LogP contribution in [-0.2, 0) is 13.0 Å². The molecule has 4 rings (SSSR count). The molecule has 0 aliphatic heterocycles. The van der Waals surface area contributed by atoms with Gasteiger partial charge >= 0.3 is 0 Å². The second-order valence-electron chi connectivity index (χ2n) is 5.19. The molecular weight excluding hydrogens is 402 g/mol. The number of aromatic nitrogens is 1. The lowest BCUT2D eigenvalue weighted by atomic mass is 10.1. The first-order valence-electron chi connectivity index (χ1n) is 7.38. The summed E-state index contributed by atoms with van der Waals surface area (Å²) < 4.78 is 4.62. The largest absolute Gasteiger partial charge is 0.348 e. The molecule has 0 saturated heterocycles. The van der Waals surface area contributed by atoms with E-state index in [2.05, 4.69) is 104 Å². The number of rotatable bonds is 1. The van der Waals surface area contributed by atoms with Gasteiger partial charge in [0, 0.05) is 32.6 Å². The van der Waals surface area contributed by atoms with E-state index in [4.69, 9.17) is 0 Å². The molecule has 0 radical (unpaired) electrons. The molecule has 2 aromatic carbocycles. The zero-order valence-electron chi connectivity index (χ0n) is 12.4. The number of aryl methyl sites for hydroxylation is 1. The number of hydrogen-bond donors (Lipinski definition) is 0. The summed E-state index contributed by atoms with van der Waals surface area (Å²) in [5, 5.41) is 1.29. The van der Waals surface area contributed by atoms with Gasteiger partial charge in [-0.25, -0.2) is 0 Å². The number of halogens is 2. The van der Waals surface area contributed by atoms with Crippen LogP contribution in [0.15, 0.2) is 63.7 Å². The minimum Gasteiger partial charge on any atom is -0.348 e. The second-order valence-corrected chi connectivity index (χ2v) is 6.90. The summed E-state index contributed by atoms with van der Waals surface area (Å²) in [5.41, 5.74) is 4.07.